The van der Waals surface area contributed by atoms with E-state index < -0.39 is 0 Å². The summed E-state index contributed by atoms with van der Waals surface area (Å²) in [4.78, 5) is 7.80. The third-order valence-electron chi connectivity index (χ3n) is 1.63. The number of rotatable bonds is 3. The average Bonchev–Trinajstić information content (AvgIpc) is 2.13. The summed E-state index contributed by atoms with van der Waals surface area (Å²) in [5, 5.41) is 0. The summed E-state index contributed by atoms with van der Waals surface area (Å²) in [6.45, 7) is 4.28. The Bertz CT molecular complexity index is 310. The lowest BCUT2D eigenvalue weighted by Gasteiger charge is -2.05. The van der Waals surface area contributed by atoms with E-state index in [0.29, 0.717) is 18.3 Å². The fourth-order valence-corrected chi connectivity index (χ4v) is 0.816. The van der Waals surface area contributed by atoms with Crippen LogP contribution in [0.3, 0.4) is 0 Å². The molecule has 0 fully saturated rings. The van der Waals surface area contributed by atoms with E-state index in [4.69, 9.17) is 10.5 Å². The third kappa shape index (κ3) is 2.43. The van der Waals surface area contributed by atoms with Crippen molar-refractivity contribution in [2.24, 2.45) is 0 Å². The Morgan fingerprint density at radius 3 is 3.00 bits per heavy atom. The summed E-state index contributed by atoms with van der Waals surface area (Å²) in [6, 6.07) is 0. The number of ether oxygens (including phenoxy) is 1. The van der Waals surface area contributed by atoms with E-state index in [1.165, 1.54) is 6.33 Å². The van der Waals surface area contributed by atoms with Crippen molar-refractivity contribution in [2.75, 3.05) is 12.3 Å². The molecule has 0 aliphatic carbocycles. The zero-order chi connectivity index (χ0) is 9.68. The lowest BCUT2D eigenvalue weighted by molar-refractivity contribution is 0.345. The van der Waals surface area contributed by atoms with Gasteiger partial charge < -0.3 is 10.5 Å². The molecule has 0 unspecified atom stereocenters. The van der Waals surface area contributed by atoms with Crippen LogP contribution in [-0.2, 0) is 0 Å². The minimum Gasteiger partial charge on any atom is -0.473 e. The largest absolute Gasteiger partial charge is 0.473 e. The quantitative estimate of drug-likeness (QED) is 0.711. The number of allylic oxidation sites excluding steroid dienone is 1. The van der Waals surface area contributed by atoms with E-state index in [-0.39, 0.29) is 0 Å². The molecular weight excluding hydrogens is 166 g/mol. The summed E-state index contributed by atoms with van der Waals surface area (Å²) < 4.78 is 5.34. The Kier molecular flexibility index (Phi) is 3.25. The first-order chi connectivity index (χ1) is 6.25. The van der Waals surface area contributed by atoms with Crippen molar-refractivity contribution in [3.8, 4) is 5.88 Å². The zero-order valence-electron chi connectivity index (χ0n) is 7.82. The number of hydrogen-bond acceptors (Lipinski definition) is 4. The van der Waals surface area contributed by atoms with Gasteiger partial charge in [0.15, 0.2) is 0 Å². The number of nitrogens with two attached hydrogens (primary N) is 1. The van der Waals surface area contributed by atoms with Gasteiger partial charge in [-0.25, -0.2) is 9.97 Å². The summed E-state index contributed by atoms with van der Waals surface area (Å²) in [5.41, 5.74) is 6.36. The summed E-state index contributed by atoms with van der Waals surface area (Å²) >= 11 is 0. The van der Waals surface area contributed by atoms with Crippen LogP contribution < -0.4 is 10.5 Å². The van der Waals surface area contributed by atoms with Crippen molar-refractivity contribution in [1.82, 2.24) is 9.97 Å². The minimum atomic E-state index is 0.463. The van der Waals surface area contributed by atoms with Crippen LogP contribution in [-0.4, -0.2) is 16.6 Å². The van der Waals surface area contributed by atoms with Crippen molar-refractivity contribution in [2.45, 2.75) is 13.8 Å². The molecule has 0 atom stereocenters. The monoisotopic (exact) mass is 179 g/mol. The number of nitrogen functional groups attached to an aromatic ring is 1. The Balaban J connectivity index is 2.71. The Hall–Kier alpha value is -1.58. The van der Waals surface area contributed by atoms with Gasteiger partial charge in [0.1, 0.15) is 18.8 Å². The van der Waals surface area contributed by atoms with Gasteiger partial charge in [-0.1, -0.05) is 12.2 Å². The molecule has 0 aromatic carbocycles. The Labute approximate surface area is 77.5 Å². The van der Waals surface area contributed by atoms with Gasteiger partial charge in [-0.05, 0) is 13.8 Å². The lowest BCUT2D eigenvalue weighted by Crippen LogP contribution is -2.02. The molecular formula is C9H13N3O. The van der Waals surface area contributed by atoms with Crippen molar-refractivity contribution in [1.29, 1.82) is 0 Å². The second-order valence-electron chi connectivity index (χ2n) is 2.57. The Morgan fingerprint density at radius 1 is 1.54 bits per heavy atom. The van der Waals surface area contributed by atoms with Crippen molar-refractivity contribution < 1.29 is 4.74 Å². The first kappa shape index (κ1) is 9.51. The van der Waals surface area contributed by atoms with Crippen LogP contribution in [0.15, 0.2) is 18.5 Å². The predicted molar refractivity (Wildman–Crippen MR) is 51.5 cm³/mol. The minimum absolute atomic E-state index is 0.463. The van der Waals surface area contributed by atoms with E-state index >= 15 is 0 Å². The first-order valence-electron chi connectivity index (χ1n) is 4.06. The molecule has 0 radical (unpaired) electrons. The molecule has 13 heavy (non-hydrogen) atoms. The van der Waals surface area contributed by atoms with Gasteiger partial charge in [0.2, 0.25) is 5.88 Å². The second kappa shape index (κ2) is 4.45. The smallest absolute Gasteiger partial charge is 0.221 e. The van der Waals surface area contributed by atoms with Crippen LogP contribution in [0.1, 0.15) is 12.5 Å². The topological polar surface area (TPSA) is 61.0 Å². The highest BCUT2D eigenvalue weighted by atomic mass is 16.5. The molecule has 0 amide bonds. The van der Waals surface area contributed by atoms with Crippen molar-refractivity contribution in [3.63, 3.8) is 0 Å². The van der Waals surface area contributed by atoms with E-state index in [1.807, 2.05) is 26.0 Å². The molecule has 0 bridgehead atoms. The van der Waals surface area contributed by atoms with Crippen LogP contribution in [0.25, 0.3) is 0 Å². The van der Waals surface area contributed by atoms with Gasteiger partial charge in [0, 0.05) is 0 Å². The predicted octanol–water partition coefficient (Wildman–Crippen LogP) is 1.32. The summed E-state index contributed by atoms with van der Waals surface area (Å²) in [5.74, 6) is 1.01. The number of aromatic nitrogens is 2. The van der Waals surface area contributed by atoms with Crippen LogP contribution in [0.5, 0.6) is 5.88 Å². The number of hydrogen-bond donors (Lipinski definition) is 1. The Morgan fingerprint density at radius 2 is 2.31 bits per heavy atom. The van der Waals surface area contributed by atoms with Crippen LogP contribution in [0.4, 0.5) is 5.82 Å². The fourth-order valence-electron chi connectivity index (χ4n) is 0.816. The van der Waals surface area contributed by atoms with Gasteiger partial charge in [-0.2, -0.15) is 0 Å². The normalized spacial score (nSPS) is 10.6. The van der Waals surface area contributed by atoms with Crippen LogP contribution in [0.2, 0.25) is 0 Å². The summed E-state index contributed by atoms with van der Waals surface area (Å²) in [7, 11) is 0. The van der Waals surface area contributed by atoms with Crippen molar-refractivity contribution >= 4 is 5.82 Å². The second-order valence-corrected chi connectivity index (χ2v) is 2.57. The third-order valence-corrected chi connectivity index (χ3v) is 1.63. The molecule has 70 valence electrons. The molecule has 0 aliphatic rings. The van der Waals surface area contributed by atoms with Gasteiger partial charge in [-0.3, -0.25) is 0 Å². The van der Waals surface area contributed by atoms with Crippen molar-refractivity contribution in [3.05, 3.63) is 24.0 Å². The van der Waals surface area contributed by atoms with Crippen LogP contribution in [0, 0.1) is 6.92 Å². The maximum atomic E-state index is 5.58. The van der Waals surface area contributed by atoms with E-state index in [0.717, 1.165) is 5.56 Å². The maximum Gasteiger partial charge on any atom is 0.221 e. The molecule has 4 nitrogen and oxygen atoms in total. The SMILES string of the molecule is C/C=C/COc1ncnc(N)c1C. The molecule has 0 spiro atoms. The molecule has 1 aromatic heterocycles. The molecule has 1 rings (SSSR count). The molecule has 2 N–H and O–H groups in total. The molecule has 0 saturated heterocycles. The lowest BCUT2D eigenvalue weighted by atomic mass is 10.3. The number of anilines is 1. The van der Waals surface area contributed by atoms with E-state index in [9.17, 15) is 0 Å². The van der Waals surface area contributed by atoms with Gasteiger partial charge in [0.25, 0.3) is 0 Å². The van der Waals surface area contributed by atoms with E-state index in [1.54, 1.807) is 0 Å². The highest BCUT2D eigenvalue weighted by molar-refractivity contribution is 5.43. The van der Waals surface area contributed by atoms with Gasteiger partial charge >= 0.3 is 0 Å². The molecule has 0 aliphatic heterocycles. The molecule has 1 aromatic rings. The summed E-state index contributed by atoms with van der Waals surface area (Å²) in [6.07, 6.45) is 5.21. The highest BCUT2D eigenvalue weighted by Gasteiger charge is 2.03. The highest BCUT2D eigenvalue weighted by Crippen LogP contribution is 2.16. The van der Waals surface area contributed by atoms with Gasteiger partial charge in [0.05, 0.1) is 5.56 Å². The molecule has 1 heterocycles. The van der Waals surface area contributed by atoms with Gasteiger partial charge in [-0.15, -0.1) is 0 Å². The maximum absolute atomic E-state index is 5.58. The van der Waals surface area contributed by atoms with Crippen LogP contribution >= 0.6 is 0 Å². The zero-order valence-corrected chi connectivity index (χ0v) is 7.82. The number of nitrogens with zero attached hydrogens (tertiary/aromatic N) is 2. The van der Waals surface area contributed by atoms with E-state index in [2.05, 4.69) is 9.97 Å². The fraction of sp³-hybridized carbons (Fsp3) is 0.333. The first-order valence-corrected chi connectivity index (χ1v) is 4.06. The average molecular weight is 179 g/mol. The molecule has 0 saturated carbocycles. The molecule has 4 heteroatoms. The standard InChI is InChI=1S/C9H13N3O/c1-3-4-5-13-9-7(2)8(10)11-6-12-9/h3-4,6H,5H2,1-2H3,(H2,10,11,12)/b4-3+.